The van der Waals surface area contributed by atoms with Crippen molar-refractivity contribution in [2.45, 2.75) is 6.61 Å². The molecule has 3 heteroatoms. The first-order chi connectivity index (χ1) is 9.92. The van der Waals surface area contributed by atoms with Crippen LogP contribution in [0.2, 0.25) is 0 Å². The summed E-state index contributed by atoms with van der Waals surface area (Å²) in [5.41, 5.74) is 3.24. The third-order valence-corrected chi connectivity index (χ3v) is 3.00. The van der Waals surface area contributed by atoms with Gasteiger partial charge in [0.15, 0.2) is 0 Å². The molecule has 0 aliphatic carbocycles. The summed E-state index contributed by atoms with van der Waals surface area (Å²) in [5.74, 6) is 0.856. The van der Waals surface area contributed by atoms with Gasteiger partial charge in [0.25, 0.3) is 0 Å². The summed E-state index contributed by atoms with van der Waals surface area (Å²) in [5, 5.41) is 0. The lowest BCUT2D eigenvalue weighted by Gasteiger charge is -2.07. The highest BCUT2D eigenvalue weighted by Crippen LogP contribution is 2.21. The molecule has 0 fully saturated rings. The van der Waals surface area contributed by atoms with E-state index in [-0.39, 0.29) is 0 Å². The Balaban J connectivity index is 1.68. The summed E-state index contributed by atoms with van der Waals surface area (Å²) in [4.78, 5) is 8.03. The molecule has 3 rings (SSSR count). The molecule has 2 aromatic carbocycles. The van der Waals surface area contributed by atoms with Gasteiger partial charge in [-0.05, 0) is 23.3 Å². The maximum absolute atomic E-state index is 5.75. The zero-order valence-corrected chi connectivity index (χ0v) is 10.9. The van der Waals surface area contributed by atoms with Gasteiger partial charge in [-0.25, -0.2) is 9.97 Å². The summed E-state index contributed by atoms with van der Waals surface area (Å²) in [7, 11) is 0. The molecule has 0 bridgehead atoms. The van der Waals surface area contributed by atoms with Gasteiger partial charge < -0.3 is 4.74 Å². The largest absolute Gasteiger partial charge is 0.489 e. The van der Waals surface area contributed by atoms with E-state index >= 15 is 0 Å². The van der Waals surface area contributed by atoms with Gasteiger partial charge in [0.05, 0.1) is 0 Å². The van der Waals surface area contributed by atoms with Gasteiger partial charge in [-0.15, -0.1) is 0 Å². The molecular weight excluding hydrogens is 248 g/mol. The molecule has 0 spiro atoms. The molecule has 20 heavy (non-hydrogen) atoms. The molecule has 0 radical (unpaired) electrons. The molecule has 0 amide bonds. The van der Waals surface area contributed by atoms with Crippen LogP contribution in [0.1, 0.15) is 5.56 Å². The van der Waals surface area contributed by atoms with Gasteiger partial charge in [-0.1, -0.05) is 42.5 Å². The van der Waals surface area contributed by atoms with Gasteiger partial charge in [-0.2, -0.15) is 0 Å². The van der Waals surface area contributed by atoms with Gasteiger partial charge >= 0.3 is 0 Å². The molecule has 1 heterocycles. The summed E-state index contributed by atoms with van der Waals surface area (Å²) >= 11 is 0. The zero-order valence-electron chi connectivity index (χ0n) is 10.9. The van der Waals surface area contributed by atoms with Crippen molar-refractivity contribution in [3.05, 3.63) is 78.9 Å². The average molecular weight is 262 g/mol. The first kappa shape index (κ1) is 12.4. The van der Waals surface area contributed by atoms with Gasteiger partial charge in [0, 0.05) is 18.0 Å². The summed E-state index contributed by atoms with van der Waals surface area (Å²) in [6.45, 7) is 0.578. The van der Waals surface area contributed by atoms with E-state index in [4.69, 9.17) is 4.74 Å². The van der Waals surface area contributed by atoms with E-state index in [0.717, 1.165) is 22.4 Å². The number of rotatable bonds is 4. The predicted octanol–water partition coefficient (Wildman–Crippen LogP) is 3.72. The van der Waals surface area contributed by atoms with Crippen LogP contribution >= 0.6 is 0 Å². The van der Waals surface area contributed by atoms with Crippen molar-refractivity contribution in [1.29, 1.82) is 0 Å². The molecule has 3 aromatic rings. The third kappa shape index (κ3) is 3.01. The maximum Gasteiger partial charge on any atom is 0.119 e. The van der Waals surface area contributed by atoms with Crippen molar-refractivity contribution in [1.82, 2.24) is 9.97 Å². The number of hydrogen-bond acceptors (Lipinski definition) is 3. The van der Waals surface area contributed by atoms with Crippen LogP contribution in [0, 0.1) is 0 Å². The first-order valence-electron chi connectivity index (χ1n) is 6.44. The Morgan fingerprint density at radius 3 is 2.15 bits per heavy atom. The second kappa shape index (κ2) is 5.97. The average Bonchev–Trinajstić information content (AvgIpc) is 2.55. The molecule has 0 unspecified atom stereocenters. The molecule has 1 aromatic heterocycles. The highest BCUT2D eigenvalue weighted by molar-refractivity contribution is 5.62. The van der Waals surface area contributed by atoms with Crippen LogP contribution in [0.4, 0.5) is 0 Å². The number of aromatic nitrogens is 2. The van der Waals surface area contributed by atoms with Crippen LogP contribution < -0.4 is 4.74 Å². The van der Waals surface area contributed by atoms with Crippen LogP contribution in [0.5, 0.6) is 5.75 Å². The van der Waals surface area contributed by atoms with Crippen LogP contribution in [0.25, 0.3) is 11.1 Å². The predicted molar refractivity (Wildman–Crippen MR) is 78.2 cm³/mol. The van der Waals surface area contributed by atoms with Crippen molar-refractivity contribution >= 4 is 0 Å². The molecule has 0 aliphatic heterocycles. The second-order valence-corrected chi connectivity index (χ2v) is 4.43. The van der Waals surface area contributed by atoms with E-state index in [1.807, 2.05) is 42.5 Å². The highest BCUT2D eigenvalue weighted by Gasteiger charge is 1.99. The maximum atomic E-state index is 5.75. The summed E-state index contributed by atoms with van der Waals surface area (Å²) in [6.07, 6.45) is 5.13. The Morgan fingerprint density at radius 1 is 0.750 bits per heavy atom. The quantitative estimate of drug-likeness (QED) is 0.718. The first-order valence-corrected chi connectivity index (χ1v) is 6.44. The molecule has 0 saturated carbocycles. The Bertz CT molecular complexity index is 652. The van der Waals surface area contributed by atoms with Crippen molar-refractivity contribution in [3.63, 3.8) is 0 Å². The van der Waals surface area contributed by atoms with Crippen LogP contribution in [-0.2, 0) is 6.61 Å². The minimum Gasteiger partial charge on any atom is -0.489 e. The van der Waals surface area contributed by atoms with Crippen LogP contribution in [0.15, 0.2) is 73.3 Å². The van der Waals surface area contributed by atoms with Gasteiger partial charge in [0.2, 0.25) is 0 Å². The van der Waals surface area contributed by atoms with Crippen LogP contribution in [-0.4, -0.2) is 9.97 Å². The monoisotopic (exact) mass is 262 g/mol. The lowest BCUT2D eigenvalue weighted by atomic mass is 10.1. The van der Waals surface area contributed by atoms with E-state index < -0.39 is 0 Å². The molecular formula is C17H14N2O. The zero-order chi connectivity index (χ0) is 13.6. The van der Waals surface area contributed by atoms with E-state index in [0.29, 0.717) is 6.61 Å². The van der Waals surface area contributed by atoms with E-state index in [1.54, 1.807) is 12.4 Å². The molecule has 0 atom stereocenters. The summed E-state index contributed by atoms with van der Waals surface area (Å²) in [6, 6.07) is 18.1. The number of nitrogens with zero attached hydrogens (tertiary/aromatic N) is 2. The van der Waals surface area contributed by atoms with Crippen molar-refractivity contribution in [2.75, 3.05) is 0 Å². The van der Waals surface area contributed by atoms with Gasteiger partial charge in [0.1, 0.15) is 18.7 Å². The topological polar surface area (TPSA) is 35.0 Å². The lowest BCUT2D eigenvalue weighted by Crippen LogP contribution is -1.94. The van der Waals surface area contributed by atoms with E-state index in [1.165, 1.54) is 6.33 Å². The fraction of sp³-hybridized carbons (Fsp3) is 0.0588. The number of ether oxygens (including phenoxy) is 1. The van der Waals surface area contributed by atoms with E-state index in [2.05, 4.69) is 22.1 Å². The van der Waals surface area contributed by atoms with Gasteiger partial charge in [-0.3, -0.25) is 0 Å². The smallest absolute Gasteiger partial charge is 0.119 e. The Morgan fingerprint density at radius 2 is 1.45 bits per heavy atom. The molecule has 0 aliphatic rings. The molecule has 0 saturated heterocycles. The molecule has 0 N–H and O–H groups in total. The fourth-order valence-corrected chi connectivity index (χ4v) is 1.93. The minimum absolute atomic E-state index is 0.578. The normalized spacial score (nSPS) is 10.2. The third-order valence-electron chi connectivity index (χ3n) is 3.00. The Hall–Kier alpha value is -2.68. The summed E-state index contributed by atoms with van der Waals surface area (Å²) < 4.78 is 5.75. The van der Waals surface area contributed by atoms with Crippen molar-refractivity contribution in [2.24, 2.45) is 0 Å². The SMILES string of the molecule is c1ccc(COc2ccc(-c3cncnc3)cc2)cc1. The molecule has 3 nitrogen and oxygen atoms in total. The van der Waals surface area contributed by atoms with Crippen molar-refractivity contribution < 1.29 is 4.74 Å². The van der Waals surface area contributed by atoms with Crippen LogP contribution in [0.3, 0.4) is 0 Å². The standard InChI is InChI=1S/C17H14N2O/c1-2-4-14(5-3-1)12-20-17-8-6-15(7-9-17)16-10-18-13-19-11-16/h1-11,13H,12H2. The fourth-order valence-electron chi connectivity index (χ4n) is 1.93. The van der Waals surface area contributed by atoms with E-state index in [9.17, 15) is 0 Å². The van der Waals surface area contributed by atoms with Crippen molar-refractivity contribution in [3.8, 4) is 16.9 Å². The lowest BCUT2D eigenvalue weighted by molar-refractivity contribution is 0.306. The Labute approximate surface area is 117 Å². The Kier molecular flexibility index (Phi) is 3.69. The number of hydrogen-bond donors (Lipinski definition) is 0. The molecule has 98 valence electrons. The number of benzene rings is 2. The second-order valence-electron chi connectivity index (χ2n) is 4.43. The highest BCUT2D eigenvalue weighted by atomic mass is 16.5. The minimum atomic E-state index is 0.578.